The molecule has 2 aromatic rings. The summed E-state index contributed by atoms with van der Waals surface area (Å²) in [6, 6.07) is 12.8. The Labute approximate surface area is 169 Å². The largest absolute Gasteiger partial charge is 0.507 e. The second kappa shape index (κ2) is 12.8. The van der Waals surface area contributed by atoms with E-state index in [1.165, 1.54) is 44.9 Å². The van der Waals surface area contributed by atoms with Crippen LogP contribution in [0.3, 0.4) is 0 Å². The van der Waals surface area contributed by atoms with Gasteiger partial charge in [0.15, 0.2) is 0 Å². The van der Waals surface area contributed by atoms with E-state index in [0.717, 1.165) is 24.5 Å². The standard InChI is InChI=1S/C24H33NO3/c1-3-4-5-6-7-8-9-10-17-28-22-13-11-21(12-14-22)25-19-20-18-23(27-2)15-16-24(20)26/h11-16,18-19,26H,3-10,17H2,1-2H3. The van der Waals surface area contributed by atoms with Crippen LogP contribution in [-0.4, -0.2) is 25.0 Å². The molecule has 0 heterocycles. The number of aromatic hydroxyl groups is 1. The number of phenols is 1. The molecule has 1 N–H and O–H groups in total. The van der Waals surface area contributed by atoms with Crippen molar-refractivity contribution in [2.24, 2.45) is 4.99 Å². The van der Waals surface area contributed by atoms with E-state index >= 15 is 0 Å². The van der Waals surface area contributed by atoms with Crippen LogP contribution in [0, 0.1) is 0 Å². The zero-order chi connectivity index (χ0) is 20.0. The van der Waals surface area contributed by atoms with Gasteiger partial charge in [0.1, 0.15) is 17.2 Å². The average molecular weight is 384 g/mol. The summed E-state index contributed by atoms with van der Waals surface area (Å²) in [7, 11) is 1.60. The number of ether oxygens (including phenoxy) is 2. The average Bonchev–Trinajstić information content (AvgIpc) is 2.73. The fourth-order valence-corrected chi connectivity index (χ4v) is 2.96. The molecule has 2 rings (SSSR count). The summed E-state index contributed by atoms with van der Waals surface area (Å²) in [5.41, 5.74) is 1.43. The van der Waals surface area contributed by atoms with Gasteiger partial charge in [-0.3, -0.25) is 4.99 Å². The summed E-state index contributed by atoms with van der Waals surface area (Å²) in [5.74, 6) is 1.73. The van der Waals surface area contributed by atoms with Crippen molar-refractivity contribution in [2.75, 3.05) is 13.7 Å². The minimum atomic E-state index is 0.176. The lowest BCUT2D eigenvalue weighted by atomic mass is 10.1. The van der Waals surface area contributed by atoms with Crippen molar-refractivity contribution in [1.29, 1.82) is 0 Å². The highest BCUT2D eigenvalue weighted by atomic mass is 16.5. The zero-order valence-electron chi connectivity index (χ0n) is 17.2. The van der Waals surface area contributed by atoms with Crippen LogP contribution in [0.15, 0.2) is 47.5 Å². The molecular weight excluding hydrogens is 350 g/mol. The van der Waals surface area contributed by atoms with Crippen molar-refractivity contribution in [2.45, 2.75) is 58.3 Å². The molecular formula is C24H33NO3. The van der Waals surface area contributed by atoms with Gasteiger partial charge in [-0.2, -0.15) is 0 Å². The monoisotopic (exact) mass is 383 g/mol. The van der Waals surface area contributed by atoms with Crippen LogP contribution in [0.25, 0.3) is 0 Å². The summed E-state index contributed by atoms with van der Waals surface area (Å²) >= 11 is 0. The van der Waals surface area contributed by atoms with Crippen molar-refractivity contribution < 1.29 is 14.6 Å². The molecule has 2 aromatic carbocycles. The summed E-state index contributed by atoms with van der Waals surface area (Å²) in [4.78, 5) is 4.41. The van der Waals surface area contributed by atoms with E-state index in [9.17, 15) is 5.11 Å². The molecule has 0 unspecified atom stereocenters. The first-order valence-electron chi connectivity index (χ1n) is 10.4. The summed E-state index contributed by atoms with van der Waals surface area (Å²) in [6.45, 7) is 3.01. The molecule has 0 aromatic heterocycles. The molecule has 0 atom stereocenters. The molecule has 0 radical (unpaired) electrons. The van der Waals surface area contributed by atoms with E-state index in [4.69, 9.17) is 9.47 Å². The number of hydrogen-bond acceptors (Lipinski definition) is 4. The van der Waals surface area contributed by atoms with E-state index in [2.05, 4.69) is 11.9 Å². The second-order valence-corrected chi connectivity index (χ2v) is 7.00. The summed E-state index contributed by atoms with van der Waals surface area (Å²) in [6.07, 6.45) is 12.0. The predicted octanol–water partition coefficient (Wildman–Crippen LogP) is 6.67. The highest BCUT2D eigenvalue weighted by Crippen LogP contribution is 2.23. The molecule has 152 valence electrons. The van der Waals surface area contributed by atoms with Gasteiger partial charge in [-0.15, -0.1) is 0 Å². The number of hydrogen-bond donors (Lipinski definition) is 1. The van der Waals surface area contributed by atoms with Crippen molar-refractivity contribution >= 4 is 11.9 Å². The second-order valence-electron chi connectivity index (χ2n) is 7.00. The minimum absolute atomic E-state index is 0.176. The number of aliphatic imine (C=N–C) groups is 1. The zero-order valence-corrected chi connectivity index (χ0v) is 17.2. The number of benzene rings is 2. The lowest BCUT2D eigenvalue weighted by Gasteiger charge is -2.06. The number of rotatable bonds is 13. The van der Waals surface area contributed by atoms with Crippen molar-refractivity contribution in [3.8, 4) is 17.2 Å². The maximum Gasteiger partial charge on any atom is 0.124 e. The molecule has 0 saturated heterocycles. The topological polar surface area (TPSA) is 51.0 Å². The summed E-state index contributed by atoms with van der Waals surface area (Å²) in [5, 5.41) is 9.90. The third-order valence-corrected chi connectivity index (χ3v) is 4.69. The maximum atomic E-state index is 9.90. The molecule has 0 amide bonds. The molecule has 0 saturated carbocycles. The number of phenolic OH excluding ortho intramolecular Hbond substituents is 1. The predicted molar refractivity (Wildman–Crippen MR) is 116 cm³/mol. The van der Waals surface area contributed by atoms with Crippen LogP contribution in [0.2, 0.25) is 0 Å². The number of unbranched alkanes of at least 4 members (excludes halogenated alkanes) is 7. The molecule has 4 nitrogen and oxygen atoms in total. The Morgan fingerprint density at radius 3 is 2.18 bits per heavy atom. The Balaban J connectivity index is 1.70. The van der Waals surface area contributed by atoms with Gasteiger partial charge < -0.3 is 14.6 Å². The molecule has 0 aliphatic rings. The normalized spacial score (nSPS) is 11.1. The van der Waals surface area contributed by atoms with Crippen molar-refractivity contribution in [3.05, 3.63) is 48.0 Å². The van der Waals surface area contributed by atoms with Crippen molar-refractivity contribution in [3.63, 3.8) is 0 Å². The Kier molecular flexibility index (Phi) is 9.98. The highest BCUT2D eigenvalue weighted by molar-refractivity contribution is 5.85. The highest BCUT2D eigenvalue weighted by Gasteiger charge is 2.01. The minimum Gasteiger partial charge on any atom is -0.507 e. The smallest absolute Gasteiger partial charge is 0.124 e. The van der Waals surface area contributed by atoms with Gasteiger partial charge in [-0.1, -0.05) is 51.9 Å². The van der Waals surface area contributed by atoms with E-state index in [-0.39, 0.29) is 5.75 Å². The van der Waals surface area contributed by atoms with E-state index in [0.29, 0.717) is 11.3 Å². The third-order valence-electron chi connectivity index (χ3n) is 4.69. The Bertz CT molecular complexity index is 710. The fourth-order valence-electron chi connectivity index (χ4n) is 2.96. The van der Waals surface area contributed by atoms with Crippen LogP contribution in [0.4, 0.5) is 5.69 Å². The molecule has 0 aliphatic heterocycles. The first-order valence-corrected chi connectivity index (χ1v) is 10.4. The molecule has 4 heteroatoms. The maximum absolute atomic E-state index is 9.90. The third kappa shape index (κ3) is 8.03. The number of methoxy groups -OCH3 is 1. The molecule has 28 heavy (non-hydrogen) atoms. The Morgan fingerprint density at radius 2 is 1.50 bits per heavy atom. The fraction of sp³-hybridized carbons (Fsp3) is 0.458. The van der Waals surface area contributed by atoms with Crippen LogP contribution in [0.5, 0.6) is 17.2 Å². The Morgan fingerprint density at radius 1 is 0.857 bits per heavy atom. The van der Waals surface area contributed by atoms with E-state index in [1.54, 1.807) is 31.5 Å². The van der Waals surface area contributed by atoms with Crippen molar-refractivity contribution in [1.82, 2.24) is 0 Å². The SMILES string of the molecule is CCCCCCCCCCOc1ccc(N=Cc2cc(OC)ccc2O)cc1. The quantitative estimate of drug-likeness (QED) is 0.310. The van der Waals surface area contributed by atoms with Gasteiger partial charge >= 0.3 is 0 Å². The van der Waals surface area contributed by atoms with Crippen LogP contribution in [0.1, 0.15) is 63.9 Å². The Hall–Kier alpha value is -2.49. The van der Waals surface area contributed by atoms with Gasteiger partial charge in [0, 0.05) is 11.8 Å². The molecule has 0 bridgehead atoms. The van der Waals surface area contributed by atoms with E-state index in [1.807, 2.05) is 24.3 Å². The van der Waals surface area contributed by atoms with Gasteiger partial charge in [0.05, 0.1) is 19.4 Å². The van der Waals surface area contributed by atoms with Gasteiger partial charge in [-0.25, -0.2) is 0 Å². The molecule has 0 spiro atoms. The summed E-state index contributed by atoms with van der Waals surface area (Å²) < 4.78 is 11.0. The first kappa shape index (κ1) is 21.8. The lowest BCUT2D eigenvalue weighted by Crippen LogP contribution is -1.97. The van der Waals surface area contributed by atoms with E-state index < -0.39 is 0 Å². The molecule has 0 aliphatic carbocycles. The van der Waals surface area contributed by atoms with Crippen LogP contribution >= 0.6 is 0 Å². The molecule has 0 fully saturated rings. The first-order chi connectivity index (χ1) is 13.7. The van der Waals surface area contributed by atoms with Crippen LogP contribution < -0.4 is 9.47 Å². The van der Waals surface area contributed by atoms with Gasteiger partial charge in [0.2, 0.25) is 0 Å². The number of nitrogens with zero attached hydrogens (tertiary/aromatic N) is 1. The van der Waals surface area contributed by atoms with Gasteiger partial charge in [0.25, 0.3) is 0 Å². The van der Waals surface area contributed by atoms with Gasteiger partial charge in [-0.05, 0) is 48.9 Å². The van der Waals surface area contributed by atoms with Crippen LogP contribution in [-0.2, 0) is 0 Å². The lowest BCUT2D eigenvalue weighted by molar-refractivity contribution is 0.304.